The smallest absolute Gasteiger partial charge is 0.222 e. The van der Waals surface area contributed by atoms with E-state index >= 15 is 0 Å². The highest BCUT2D eigenvalue weighted by Gasteiger charge is 2.24. The summed E-state index contributed by atoms with van der Waals surface area (Å²) in [6.45, 7) is 7.69. The predicted octanol–water partition coefficient (Wildman–Crippen LogP) is 1.65. The molecule has 2 unspecified atom stereocenters. The fourth-order valence-electron chi connectivity index (χ4n) is 3.16. The average Bonchev–Trinajstić information content (AvgIpc) is 2.96. The number of ether oxygens (including phenoxy) is 1. The van der Waals surface area contributed by atoms with Gasteiger partial charge in [-0.3, -0.25) is 4.79 Å². The average molecular weight is 268 g/mol. The molecule has 0 spiro atoms. The van der Waals surface area contributed by atoms with Gasteiger partial charge in [-0.1, -0.05) is 0 Å². The Labute approximate surface area is 116 Å². The lowest BCUT2D eigenvalue weighted by molar-refractivity contribution is -0.133. The zero-order chi connectivity index (χ0) is 13.5. The molecule has 2 rings (SSSR count). The molecule has 0 aromatic carbocycles. The number of hydrogen-bond donors (Lipinski definition) is 1. The third kappa shape index (κ3) is 4.77. The Balaban J connectivity index is 1.68. The van der Waals surface area contributed by atoms with Crippen molar-refractivity contribution in [3.8, 4) is 0 Å². The van der Waals surface area contributed by atoms with Crippen LogP contribution in [0.4, 0.5) is 0 Å². The van der Waals surface area contributed by atoms with E-state index in [1.165, 1.54) is 12.8 Å². The summed E-state index contributed by atoms with van der Waals surface area (Å²) < 4.78 is 5.50. The van der Waals surface area contributed by atoms with E-state index in [1.54, 1.807) is 0 Å². The molecule has 2 saturated heterocycles. The monoisotopic (exact) mass is 268 g/mol. The van der Waals surface area contributed by atoms with Gasteiger partial charge in [-0.2, -0.15) is 0 Å². The summed E-state index contributed by atoms with van der Waals surface area (Å²) in [6.07, 6.45) is 5.36. The van der Waals surface area contributed by atoms with Gasteiger partial charge in [0, 0.05) is 26.1 Å². The molecule has 1 N–H and O–H groups in total. The molecule has 0 bridgehead atoms. The van der Waals surface area contributed by atoms with Gasteiger partial charge in [-0.05, 0) is 57.5 Å². The molecule has 2 fully saturated rings. The van der Waals surface area contributed by atoms with Crippen LogP contribution in [0.15, 0.2) is 0 Å². The van der Waals surface area contributed by atoms with Gasteiger partial charge < -0.3 is 15.0 Å². The summed E-state index contributed by atoms with van der Waals surface area (Å²) in [5.74, 6) is 1.62. The van der Waals surface area contributed by atoms with Crippen LogP contribution < -0.4 is 5.32 Å². The Hall–Kier alpha value is -0.610. The van der Waals surface area contributed by atoms with Gasteiger partial charge in [0.1, 0.15) is 0 Å². The third-order valence-electron chi connectivity index (χ3n) is 4.36. The zero-order valence-electron chi connectivity index (χ0n) is 12.2. The van der Waals surface area contributed by atoms with Crippen LogP contribution in [-0.4, -0.2) is 50.2 Å². The van der Waals surface area contributed by atoms with E-state index in [0.29, 0.717) is 17.7 Å². The number of nitrogens with one attached hydrogen (secondary N) is 1. The molecule has 4 nitrogen and oxygen atoms in total. The number of rotatable bonds is 6. The fraction of sp³-hybridized carbons (Fsp3) is 0.933. The van der Waals surface area contributed by atoms with Crippen molar-refractivity contribution in [3.05, 3.63) is 0 Å². The Morgan fingerprint density at radius 3 is 3.00 bits per heavy atom. The summed E-state index contributed by atoms with van der Waals surface area (Å²) in [7, 11) is 0. The maximum absolute atomic E-state index is 12.2. The highest BCUT2D eigenvalue weighted by molar-refractivity contribution is 5.76. The summed E-state index contributed by atoms with van der Waals surface area (Å²) in [5.41, 5.74) is 0. The number of carbonyl (C=O) groups excluding carboxylic acids is 1. The Kier molecular flexibility index (Phi) is 6.11. The molecule has 2 atom stereocenters. The van der Waals surface area contributed by atoms with Gasteiger partial charge >= 0.3 is 0 Å². The molecule has 2 heterocycles. The summed E-state index contributed by atoms with van der Waals surface area (Å²) in [6, 6.07) is 0. The third-order valence-corrected chi connectivity index (χ3v) is 4.36. The minimum absolute atomic E-state index is 0.355. The van der Waals surface area contributed by atoms with E-state index in [0.717, 1.165) is 58.7 Å². The highest BCUT2D eigenvalue weighted by atomic mass is 16.5. The molecular formula is C15H28N2O2. The SMILES string of the molecule is CCOCC1CCCN(C(=O)CCC2CCNC2)C1. The lowest BCUT2D eigenvalue weighted by atomic mass is 9.97. The van der Waals surface area contributed by atoms with Crippen LogP contribution in [0.2, 0.25) is 0 Å². The minimum Gasteiger partial charge on any atom is -0.381 e. The van der Waals surface area contributed by atoms with Crippen molar-refractivity contribution in [2.45, 2.75) is 39.0 Å². The fourth-order valence-corrected chi connectivity index (χ4v) is 3.16. The first kappa shape index (κ1) is 14.8. The zero-order valence-corrected chi connectivity index (χ0v) is 12.2. The molecule has 0 radical (unpaired) electrons. The quantitative estimate of drug-likeness (QED) is 0.796. The molecule has 19 heavy (non-hydrogen) atoms. The largest absolute Gasteiger partial charge is 0.381 e. The van der Waals surface area contributed by atoms with Crippen LogP contribution >= 0.6 is 0 Å². The Morgan fingerprint density at radius 1 is 1.37 bits per heavy atom. The number of likely N-dealkylation sites (tertiary alicyclic amines) is 1. The lowest BCUT2D eigenvalue weighted by Crippen LogP contribution is -2.41. The van der Waals surface area contributed by atoms with Crippen molar-refractivity contribution in [3.63, 3.8) is 0 Å². The number of nitrogens with zero attached hydrogens (tertiary/aromatic N) is 1. The lowest BCUT2D eigenvalue weighted by Gasteiger charge is -2.33. The van der Waals surface area contributed by atoms with Crippen LogP contribution in [-0.2, 0) is 9.53 Å². The molecule has 4 heteroatoms. The van der Waals surface area contributed by atoms with Crippen molar-refractivity contribution < 1.29 is 9.53 Å². The first-order valence-electron chi connectivity index (χ1n) is 7.85. The van der Waals surface area contributed by atoms with Gasteiger partial charge in [0.25, 0.3) is 0 Å². The summed E-state index contributed by atoms with van der Waals surface area (Å²) in [5, 5.41) is 3.36. The topological polar surface area (TPSA) is 41.6 Å². The van der Waals surface area contributed by atoms with Crippen LogP contribution in [0.25, 0.3) is 0 Å². The molecule has 110 valence electrons. The van der Waals surface area contributed by atoms with Gasteiger partial charge in [0.15, 0.2) is 0 Å². The second-order valence-corrected chi connectivity index (χ2v) is 5.90. The molecule has 0 saturated carbocycles. The van der Waals surface area contributed by atoms with Crippen molar-refractivity contribution in [2.24, 2.45) is 11.8 Å². The highest BCUT2D eigenvalue weighted by Crippen LogP contribution is 2.20. The van der Waals surface area contributed by atoms with Crippen molar-refractivity contribution in [1.29, 1.82) is 0 Å². The molecule has 2 aliphatic heterocycles. The number of amides is 1. The standard InChI is InChI=1S/C15H28N2O2/c1-2-19-12-14-4-3-9-17(11-14)15(18)6-5-13-7-8-16-10-13/h13-14,16H,2-12H2,1H3. The van der Waals surface area contributed by atoms with Crippen molar-refractivity contribution in [1.82, 2.24) is 10.2 Å². The van der Waals surface area contributed by atoms with E-state index in [-0.39, 0.29) is 0 Å². The normalized spacial score (nSPS) is 27.7. The van der Waals surface area contributed by atoms with Gasteiger partial charge in [-0.25, -0.2) is 0 Å². The van der Waals surface area contributed by atoms with Crippen molar-refractivity contribution in [2.75, 3.05) is 39.4 Å². The Bertz CT molecular complexity index is 277. The maximum Gasteiger partial charge on any atom is 0.222 e. The number of hydrogen-bond acceptors (Lipinski definition) is 3. The molecular weight excluding hydrogens is 240 g/mol. The van der Waals surface area contributed by atoms with E-state index in [1.807, 2.05) is 6.92 Å². The van der Waals surface area contributed by atoms with Gasteiger partial charge in [0.2, 0.25) is 5.91 Å². The van der Waals surface area contributed by atoms with E-state index in [2.05, 4.69) is 10.2 Å². The second-order valence-electron chi connectivity index (χ2n) is 5.90. The summed E-state index contributed by atoms with van der Waals surface area (Å²) in [4.78, 5) is 14.3. The number of piperidine rings is 1. The number of carbonyl (C=O) groups is 1. The van der Waals surface area contributed by atoms with Crippen LogP contribution in [0.1, 0.15) is 39.0 Å². The second kappa shape index (κ2) is 7.85. The maximum atomic E-state index is 12.2. The molecule has 0 aromatic rings. The first-order chi connectivity index (χ1) is 9.29. The van der Waals surface area contributed by atoms with E-state index in [4.69, 9.17) is 4.74 Å². The molecule has 1 amide bonds. The van der Waals surface area contributed by atoms with Crippen molar-refractivity contribution >= 4 is 5.91 Å². The molecule has 0 aromatic heterocycles. The molecule has 2 aliphatic rings. The van der Waals surface area contributed by atoms with Crippen LogP contribution in [0, 0.1) is 11.8 Å². The van der Waals surface area contributed by atoms with Gasteiger partial charge in [-0.15, -0.1) is 0 Å². The molecule has 0 aliphatic carbocycles. The van der Waals surface area contributed by atoms with Crippen LogP contribution in [0.5, 0.6) is 0 Å². The minimum atomic E-state index is 0.355. The first-order valence-corrected chi connectivity index (χ1v) is 7.85. The summed E-state index contributed by atoms with van der Waals surface area (Å²) >= 11 is 0. The van der Waals surface area contributed by atoms with Crippen LogP contribution in [0.3, 0.4) is 0 Å². The predicted molar refractivity (Wildman–Crippen MR) is 76.0 cm³/mol. The van der Waals surface area contributed by atoms with E-state index < -0.39 is 0 Å². The van der Waals surface area contributed by atoms with E-state index in [9.17, 15) is 4.79 Å². The Morgan fingerprint density at radius 2 is 2.26 bits per heavy atom. The van der Waals surface area contributed by atoms with Gasteiger partial charge in [0.05, 0.1) is 6.61 Å².